The minimum Gasteiger partial charge on any atom is -0.465 e. The minimum atomic E-state index is -0.747. The Hall–Kier alpha value is -2.58. The van der Waals surface area contributed by atoms with Gasteiger partial charge in [-0.3, -0.25) is 14.4 Å². The number of carbonyl (C=O) groups excluding carboxylic acids is 3. The predicted molar refractivity (Wildman–Crippen MR) is 159 cm³/mol. The van der Waals surface area contributed by atoms with Gasteiger partial charge in [0.05, 0.1) is 35.8 Å². The van der Waals surface area contributed by atoms with E-state index in [4.69, 9.17) is 4.74 Å². The van der Waals surface area contributed by atoms with Crippen LogP contribution in [0.25, 0.3) is 0 Å². The Balaban J connectivity index is 1.68. The first-order valence-corrected chi connectivity index (χ1v) is 15.6. The van der Waals surface area contributed by atoms with Gasteiger partial charge in [-0.15, -0.1) is 24.9 Å². The second-order valence-electron chi connectivity index (χ2n) is 11.2. The number of nitrogens with zero attached hydrogens (tertiary/aromatic N) is 2. The Labute approximate surface area is 243 Å². The Bertz CT molecular complexity index is 1060. The van der Waals surface area contributed by atoms with Crippen molar-refractivity contribution in [1.29, 1.82) is 0 Å². The van der Waals surface area contributed by atoms with Gasteiger partial charge in [0.1, 0.15) is 6.04 Å². The molecule has 218 valence electrons. The van der Waals surface area contributed by atoms with Gasteiger partial charge in [-0.1, -0.05) is 55.8 Å². The number of thioether (sulfide) groups is 1. The molecular formula is C32H44N2O5S. The van der Waals surface area contributed by atoms with Crippen LogP contribution in [-0.4, -0.2) is 81.1 Å². The second-order valence-corrected chi connectivity index (χ2v) is 12.8. The number of benzene rings is 1. The molecule has 3 aliphatic heterocycles. The molecule has 0 saturated carbocycles. The first-order valence-electron chi connectivity index (χ1n) is 14.7. The molecule has 2 amide bonds. The first kappa shape index (κ1) is 30.4. The lowest BCUT2D eigenvalue weighted by atomic mass is 9.71. The van der Waals surface area contributed by atoms with Crippen molar-refractivity contribution in [1.82, 2.24) is 9.80 Å². The molecule has 8 heteroatoms. The number of aliphatic hydroxyl groups is 1. The number of esters is 1. The fraction of sp³-hybridized carbons (Fsp3) is 0.594. The van der Waals surface area contributed by atoms with Gasteiger partial charge in [0.25, 0.3) is 0 Å². The van der Waals surface area contributed by atoms with E-state index in [1.54, 1.807) is 27.6 Å². The minimum absolute atomic E-state index is 0.0442. The van der Waals surface area contributed by atoms with Crippen LogP contribution in [0.1, 0.15) is 57.4 Å². The van der Waals surface area contributed by atoms with Gasteiger partial charge in [0.15, 0.2) is 0 Å². The Kier molecular flexibility index (Phi) is 10.5. The lowest BCUT2D eigenvalue weighted by Crippen LogP contribution is -2.58. The van der Waals surface area contributed by atoms with Crippen molar-refractivity contribution in [3.05, 3.63) is 61.2 Å². The van der Waals surface area contributed by atoms with Crippen molar-refractivity contribution in [2.24, 2.45) is 11.8 Å². The molecule has 1 N–H and O–H groups in total. The maximum atomic E-state index is 14.4. The average Bonchev–Trinajstić information content (AvgIpc) is 3.61. The Morgan fingerprint density at radius 2 is 2.00 bits per heavy atom. The molecule has 3 heterocycles. The van der Waals surface area contributed by atoms with E-state index in [9.17, 15) is 19.5 Å². The summed E-state index contributed by atoms with van der Waals surface area (Å²) in [7, 11) is 0. The number of hydrogen-bond acceptors (Lipinski definition) is 6. The second kappa shape index (κ2) is 13.9. The molecule has 1 spiro atoms. The van der Waals surface area contributed by atoms with Crippen molar-refractivity contribution in [3.63, 3.8) is 0 Å². The number of hydrogen-bond donors (Lipinski definition) is 1. The van der Waals surface area contributed by atoms with Crippen molar-refractivity contribution in [2.75, 3.05) is 26.3 Å². The third-order valence-electron chi connectivity index (χ3n) is 8.65. The normalized spacial score (nSPS) is 27.4. The van der Waals surface area contributed by atoms with Crippen molar-refractivity contribution in [2.45, 2.75) is 80.4 Å². The van der Waals surface area contributed by atoms with Gasteiger partial charge in [-0.25, -0.2) is 0 Å². The molecule has 3 aliphatic rings. The molecule has 3 saturated heterocycles. The van der Waals surface area contributed by atoms with E-state index in [1.807, 2.05) is 36.4 Å². The maximum absolute atomic E-state index is 14.4. The first-order chi connectivity index (χ1) is 19.4. The van der Waals surface area contributed by atoms with Crippen LogP contribution in [0.2, 0.25) is 0 Å². The van der Waals surface area contributed by atoms with Gasteiger partial charge >= 0.3 is 5.97 Å². The number of aliphatic hydroxyl groups excluding tert-OH is 1. The van der Waals surface area contributed by atoms with Gasteiger partial charge in [0.2, 0.25) is 11.8 Å². The smallest absolute Gasteiger partial charge is 0.310 e. The molecule has 4 rings (SSSR count). The van der Waals surface area contributed by atoms with Crippen LogP contribution in [0.5, 0.6) is 0 Å². The predicted octanol–water partition coefficient (Wildman–Crippen LogP) is 4.40. The number of rotatable bonds is 16. The highest BCUT2D eigenvalue weighted by molar-refractivity contribution is 8.02. The monoisotopic (exact) mass is 568 g/mol. The van der Waals surface area contributed by atoms with Crippen LogP contribution in [0.4, 0.5) is 0 Å². The summed E-state index contributed by atoms with van der Waals surface area (Å²) in [5.74, 6) is -1.85. The highest BCUT2D eigenvalue weighted by Gasteiger charge is 2.74. The van der Waals surface area contributed by atoms with Crippen molar-refractivity contribution >= 4 is 29.5 Å². The summed E-state index contributed by atoms with van der Waals surface area (Å²) in [5, 5.41) is 10.6. The molecule has 0 aliphatic carbocycles. The van der Waals surface area contributed by atoms with E-state index in [2.05, 4.69) is 20.1 Å². The van der Waals surface area contributed by atoms with Crippen molar-refractivity contribution < 1.29 is 24.2 Å². The number of ether oxygens (including phenoxy) is 1. The number of fused-ring (bicyclic) bond motifs is 1. The molecular weight excluding hydrogens is 524 g/mol. The lowest BCUT2D eigenvalue weighted by Gasteiger charge is -2.39. The Morgan fingerprint density at radius 3 is 2.67 bits per heavy atom. The van der Waals surface area contributed by atoms with Crippen LogP contribution in [0.3, 0.4) is 0 Å². The van der Waals surface area contributed by atoms with Gasteiger partial charge in [-0.2, -0.15) is 0 Å². The van der Waals surface area contributed by atoms with E-state index >= 15 is 0 Å². The van der Waals surface area contributed by atoms with E-state index in [-0.39, 0.29) is 29.6 Å². The molecule has 0 aromatic heterocycles. The largest absolute Gasteiger partial charge is 0.465 e. The fourth-order valence-electron chi connectivity index (χ4n) is 6.80. The lowest BCUT2D eigenvalue weighted by molar-refractivity contribution is -0.154. The van der Waals surface area contributed by atoms with Crippen LogP contribution in [0, 0.1) is 11.8 Å². The number of carbonyl (C=O) groups is 3. The highest BCUT2D eigenvalue weighted by atomic mass is 32.2. The number of likely N-dealkylation sites (tertiary alicyclic amines) is 1. The molecule has 1 aromatic carbocycles. The van der Waals surface area contributed by atoms with E-state index < -0.39 is 28.7 Å². The number of amides is 2. The molecule has 2 bridgehead atoms. The summed E-state index contributed by atoms with van der Waals surface area (Å²) < 4.78 is 5.01. The third kappa shape index (κ3) is 5.89. The maximum Gasteiger partial charge on any atom is 0.310 e. The zero-order valence-corrected chi connectivity index (χ0v) is 24.5. The molecule has 2 unspecified atom stereocenters. The summed E-state index contributed by atoms with van der Waals surface area (Å²) in [6, 6.07) is 8.41. The van der Waals surface area contributed by atoms with Gasteiger partial charge < -0.3 is 19.6 Å². The average molecular weight is 569 g/mol. The van der Waals surface area contributed by atoms with Crippen LogP contribution in [0.15, 0.2) is 55.6 Å². The molecule has 40 heavy (non-hydrogen) atoms. The zero-order valence-electron chi connectivity index (χ0n) is 23.7. The summed E-state index contributed by atoms with van der Waals surface area (Å²) in [6.45, 7) is 10.7. The van der Waals surface area contributed by atoms with Gasteiger partial charge in [-0.05, 0) is 50.5 Å². The highest BCUT2D eigenvalue weighted by Crippen LogP contribution is 2.67. The van der Waals surface area contributed by atoms with E-state index in [1.165, 1.54) is 0 Å². The summed E-state index contributed by atoms with van der Waals surface area (Å²) in [6.07, 6.45) is 9.75. The third-order valence-corrected chi connectivity index (χ3v) is 10.6. The molecule has 0 radical (unpaired) electrons. The fourth-order valence-corrected chi connectivity index (χ4v) is 8.98. The summed E-state index contributed by atoms with van der Waals surface area (Å²) >= 11 is 1.64. The van der Waals surface area contributed by atoms with Crippen LogP contribution in [-0.2, 0) is 25.5 Å². The molecule has 7 nitrogen and oxygen atoms in total. The Morgan fingerprint density at radius 1 is 1.23 bits per heavy atom. The molecule has 3 fully saturated rings. The number of allylic oxidation sites excluding steroid dienone is 1. The molecule has 1 aromatic rings. The quantitative estimate of drug-likeness (QED) is 0.181. The number of unbranched alkanes of at least 4 members (excludes halogenated alkanes) is 3. The summed E-state index contributed by atoms with van der Waals surface area (Å²) in [4.78, 5) is 45.7. The molecule has 6 atom stereocenters. The van der Waals surface area contributed by atoms with Crippen LogP contribution >= 0.6 is 11.8 Å². The zero-order chi connectivity index (χ0) is 28.7. The van der Waals surface area contributed by atoms with Crippen LogP contribution < -0.4 is 0 Å². The van der Waals surface area contributed by atoms with Gasteiger partial charge in [0, 0.05) is 18.3 Å². The van der Waals surface area contributed by atoms with E-state index in [0.717, 1.165) is 44.1 Å². The topological polar surface area (TPSA) is 87.1 Å². The van der Waals surface area contributed by atoms with E-state index in [0.29, 0.717) is 32.5 Å². The van der Waals surface area contributed by atoms with Crippen molar-refractivity contribution in [3.8, 4) is 0 Å². The summed E-state index contributed by atoms with van der Waals surface area (Å²) in [5.41, 5.74) is 0.983. The SMILES string of the molecule is C=CCCCCOC(=O)[C@@H]1[C@H]2C(=O)N([C@@H](CO)Cc3ccccc3)C(C(=O)N(CC=C)CCCC)C23CC[C@H]1S3. The standard InChI is InChI=1S/C32H44N2O5S/c1-4-7-9-13-20-39-31(38)26-25-16-17-32(40-25)27(26)29(36)34(24(22-35)21-23-14-11-10-12-15-23)28(32)30(37)33(18-6-3)19-8-5-2/h4,6,10-12,14-15,24-28,35H,1,3,5,7-9,13,16-22H2,2H3/t24-,25-,26+,27+,28?,32?/m1/s1.